The predicted octanol–water partition coefficient (Wildman–Crippen LogP) is 1.26. The van der Waals surface area contributed by atoms with Gasteiger partial charge >= 0.3 is 5.97 Å². The Morgan fingerprint density at radius 3 is 2.15 bits per heavy atom. The van der Waals surface area contributed by atoms with Gasteiger partial charge in [0.25, 0.3) is 0 Å². The number of carbonyl (C=O) groups excluding carboxylic acids is 1. The third-order valence-electron chi connectivity index (χ3n) is 2.07. The number of carbonyl (C=O) groups is 1. The van der Waals surface area contributed by atoms with Crippen molar-refractivity contribution in [1.82, 2.24) is 0 Å². The molecule has 0 saturated heterocycles. The van der Waals surface area contributed by atoms with Crippen LogP contribution in [0.2, 0.25) is 0 Å². The molecule has 78 valence electrons. The normalized spacial score (nSPS) is 16.5. The molecule has 0 fully saturated rings. The molecule has 0 spiro atoms. The zero-order valence-electron chi connectivity index (χ0n) is 8.69. The van der Waals surface area contributed by atoms with Crippen LogP contribution in [0.15, 0.2) is 0 Å². The van der Waals surface area contributed by atoms with Crippen LogP contribution < -0.4 is 5.73 Å². The molecule has 0 aliphatic carbocycles. The van der Waals surface area contributed by atoms with Crippen LogP contribution in [-0.2, 0) is 9.53 Å². The fourth-order valence-corrected chi connectivity index (χ4v) is 0.941. The van der Waals surface area contributed by atoms with Crippen molar-refractivity contribution in [2.24, 2.45) is 11.1 Å². The van der Waals surface area contributed by atoms with Crippen molar-refractivity contribution in [1.29, 1.82) is 0 Å². The number of hydrogen-bond acceptors (Lipinski definition) is 3. The number of alkyl halides is 1. The van der Waals surface area contributed by atoms with Crippen LogP contribution in [0.4, 0.5) is 4.39 Å². The fraction of sp³-hybridized carbons (Fsp3) is 0.889. The Bertz CT molecular complexity index is 189. The summed E-state index contributed by atoms with van der Waals surface area (Å²) in [7, 11) is 0. The molecule has 4 heteroatoms. The Hall–Kier alpha value is -0.640. The second-order valence-corrected chi connectivity index (χ2v) is 3.98. The van der Waals surface area contributed by atoms with Crippen molar-refractivity contribution < 1.29 is 13.9 Å². The smallest absolute Gasteiger partial charge is 0.345 e. The Balaban J connectivity index is 4.73. The molecule has 0 saturated carbocycles. The highest BCUT2D eigenvalue weighted by Gasteiger charge is 2.49. The van der Waals surface area contributed by atoms with Gasteiger partial charge in [-0.15, -0.1) is 0 Å². The molecule has 1 unspecified atom stereocenters. The molecule has 1 atom stereocenters. The number of nitrogens with two attached hydrogens (primary N) is 1. The monoisotopic (exact) mass is 191 g/mol. The van der Waals surface area contributed by atoms with Crippen LogP contribution in [0.5, 0.6) is 0 Å². The minimum absolute atomic E-state index is 0.167. The quantitative estimate of drug-likeness (QED) is 0.683. The Morgan fingerprint density at radius 2 is 1.92 bits per heavy atom. The summed E-state index contributed by atoms with van der Waals surface area (Å²) in [4.78, 5) is 11.3. The summed E-state index contributed by atoms with van der Waals surface area (Å²) in [6, 6.07) is 0. The zero-order chi connectivity index (χ0) is 10.7. The molecule has 2 N–H and O–H groups in total. The van der Waals surface area contributed by atoms with Gasteiger partial charge in [0.15, 0.2) is 0 Å². The summed E-state index contributed by atoms with van der Waals surface area (Å²) in [6.07, 6.45) is 0. The molecular weight excluding hydrogens is 173 g/mol. The highest BCUT2D eigenvalue weighted by atomic mass is 19.1. The molecule has 3 nitrogen and oxygen atoms in total. The van der Waals surface area contributed by atoms with Gasteiger partial charge in [-0.2, -0.15) is 0 Å². The second kappa shape index (κ2) is 4.05. The highest BCUT2D eigenvalue weighted by Crippen LogP contribution is 2.34. The van der Waals surface area contributed by atoms with E-state index in [0.717, 1.165) is 0 Å². The number of rotatable bonds is 3. The molecule has 0 bridgehead atoms. The van der Waals surface area contributed by atoms with Crippen molar-refractivity contribution in [2.75, 3.05) is 13.2 Å². The van der Waals surface area contributed by atoms with Crippen molar-refractivity contribution >= 4 is 5.97 Å². The molecule has 0 aromatic carbocycles. The Labute approximate surface area is 78.4 Å². The molecule has 0 aliphatic rings. The van der Waals surface area contributed by atoms with Crippen LogP contribution in [0.3, 0.4) is 0 Å². The van der Waals surface area contributed by atoms with Crippen LogP contribution in [0.25, 0.3) is 0 Å². The first-order valence-electron chi connectivity index (χ1n) is 4.35. The fourth-order valence-electron chi connectivity index (χ4n) is 0.941. The van der Waals surface area contributed by atoms with Crippen molar-refractivity contribution in [3.63, 3.8) is 0 Å². The number of halogens is 1. The highest BCUT2D eigenvalue weighted by molar-refractivity contribution is 5.80. The van der Waals surface area contributed by atoms with Gasteiger partial charge in [-0.05, 0) is 6.92 Å². The maximum absolute atomic E-state index is 14.0. The lowest BCUT2D eigenvalue weighted by atomic mass is 9.78. The van der Waals surface area contributed by atoms with Crippen molar-refractivity contribution in [3.05, 3.63) is 0 Å². The van der Waals surface area contributed by atoms with Crippen LogP contribution in [-0.4, -0.2) is 24.8 Å². The summed E-state index contributed by atoms with van der Waals surface area (Å²) in [5, 5.41) is 0. The lowest BCUT2D eigenvalue weighted by Crippen LogP contribution is -2.52. The minimum Gasteiger partial charge on any atom is -0.464 e. The van der Waals surface area contributed by atoms with Gasteiger partial charge < -0.3 is 10.5 Å². The van der Waals surface area contributed by atoms with Gasteiger partial charge in [0.2, 0.25) is 5.67 Å². The first kappa shape index (κ1) is 12.4. The standard InChI is InChI=1S/C9H18FNO2/c1-5-13-7(12)9(10,6-11)8(2,3)4/h5-6,11H2,1-4H3. The SMILES string of the molecule is CCOC(=O)C(F)(CN)C(C)(C)C. The van der Waals surface area contributed by atoms with E-state index in [9.17, 15) is 9.18 Å². The molecule has 13 heavy (non-hydrogen) atoms. The zero-order valence-corrected chi connectivity index (χ0v) is 8.69. The summed E-state index contributed by atoms with van der Waals surface area (Å²) < 4.78 is 18.6. The van der Waals surface area contributed by atoms with Gasteiger partial charge in [0, 0.05) is 12.0 Å². The maximum atomic E-state index is 14.0. The predicted molar refractivity (Wildman–Crippen MR) is 49.0 cm³/mol. The largest absolute Gasteiger partial charge is 0.464 e. The molecule has 0 heterocycles. The van der Waals surface area contributed by atoms with Crippen LogP contribution in [0.1, 0.15) is 27.7 Å². The lowest BCUT2D eigenvalue weighted by Gasteiger charge is -2.34. The molecule has 0 aliphatic heterocycles. The molecule has 0 amide bonds. The van der Waals surface area contributed by atoms with Gasteiger partial charge in [-0.1, -0.05) is 20.8 Å². The molecule has 0 rings (SSSR count). The maximum Gasteiger partial charge on any atom is 0.345 e. The summed E-state index contributed by atoms with van der Waals surface area (Å²) >= 11 is 0. The Morgan fingerprint density at radius 1 is 1.46 bits per heavy atom. The molecule has 0 aromatic rings. The number of hydrogen-bond donors (Lipinski definition) is 1. The van der Waals surface area contributed by atoms with Crippen molar-refractivity contribution in [2.45, 2.75) is 33.4 Å². The topological polar surface area (TPSA) is 52.3 Å². The molecular formula is C9H18FNO2. The summed E-state index contributed by atoms with van der Waals surface area (Å²) in [5.41, 5.74) is 2.32. The summed E-state index contributed by atoms with van der Waals surface area (Å²) in [5.74, 6) is -0.870. The van der Waals surface area contributed by atoms with E-state index in [1.807, 2.05) is 0 Å². The molecule has 0 aromatic heterocycles. The van der Waals surface area contributed by atoms with Crippen LogP contribution >= 0.6 is 0 Å². The first-order chi connectivity index (χ1) is 5.79. The third-order valence-corrected chi connectivity index (χ3v) is 2.07. The van der Waals surface area contributed by atoms with E-state index in [2.05, 4.69) is 4.74 Å². The van der Waals surface area contributed by atoms with E-state index in [1.54, 1.807) is 27.7 Å². The van der Waals surface area contributed by atoms with E-state index >= 15 is 0 Å². The number of ether oxygens (including phenoxy) is 1. The molecule has 0 radical (unpaired) electrons. The number of esters is 1. The van der Waals surface area contributed by atoms with E-state index in [-0.39, 0.29) is 13.2 Å². The summed E-state index contributed by atoms with van der Waals surface area (Å²) in [6.45, 7) is 6.32. The average molecular weight is 191 g/mol. The van der Waals surface area contributed by atoms with Gasteiger partial charge in [-0.25, -0.2) is 9.18 Å². The van der Waals surface area contributed by atoms with Crippen molar-refractivity contribution in [3.8, 4) is 0 Å². The average Bonchev–Trinajstić information content (AvgIpc) is 2.01. The third kappa shape index (κ3) is 2.40. The van der Waals surface area contributed by atoms with E-state index in [4.69, 9.17) is 5.73 Å². The van der Waals surface area contributed by atoms with Gasteiger partial charge in [0.1, 0.15) is 0 Å². The van der Waals surface area contributed by atoms with Crippen LogP contribution in [0, 0.1) is 5.41 Å². The Kier molecular flexibility index (Phi) is 3.85. The first-order valence-corrected chi connectivity index (χ1v) is 4.35. The second-order valence-electron chi connectivity index (χ2n) is 3.98. The lowest BCUT2D eigenvalue weighted by molar-refractivity contribution is -0.164. The van der Waals surface area contributed by atoms with Gasteiger partial charge in [-0.3, -0.25) is 0 Å². The van der Waals surface area contributed by atoms with E-state index in [0.29, 0.717) is 0 Å². The minimum atomic E-state index is -2.09. The van der Waals surface area contributed by atoms with E-state index in [1.165, 1.54) is 0 Å². The van der Waals surface area contributed by atoms with Gasteiger partial charge in [0.05, 0.1) is 6.61 Å². The van der Waals surface area contributed by atoms with E-state index < -0.39 is 17.1 Å².